The van der Waals surface area contributed by atoms with E-state index in [2.05, 4.69) is 69.0 Å². The van der Waals surface area contributed by atoms with Gasteiger partial charge >= 0.3 is 0 Å². The van der Waals surface area contributed by atoms with Crippen LogP contribution in [0.15, 0.2) is 54.7 Å². The summed E-state index contributed by atoms with van der Waals surface area (Å²) in [5, 5.41) is 13.6. The monoisotopic (exact) mass is 412 g/mol. The van der Waals surface area contributed by atoms with Crippen LogP contribution in [0.1, 0.15) is 19.3 Å². The molecule has 0 radical (unpaired) electrons. The van der Waals surface area contributed by atoms with Gasteiger partial charge in [-0.15, -0.1) is 5.10 Å². The zero-order chi connectivity index (χ0) is 20.8. The Morgan fingerprint density at radius 3 is 2.65 bits per heavy atom. The molecule has 1 saturated heterocycles. The standard InChI is InChI=1S/C24H24N6O/c31-24(19-5-6-19)29-12-10-16(14-29)15-30-23(26-27-28-30)18-3-1-17(2-4-18)20-7-8-22-21(13-20)9-11-25-22/h1-4,7-9,11,13,16,19,25H,5-6,10,12,14-15H2/t16-/m1/s1. The number of tetrazole rings is 1. The number of H-pyrrole nitrogens is 1. The molecule has 2 aromatic heterocycles. The number of nitrogens with one attached hydrogen (secondary N) is 1. The smallest absolute Gasteiger partial charge is 0.225 e. The number of hydrogen-bond donors (Lipinski definition) is 1. The van der Waals surface area contributed by atoms with E-state index in [4.69, 9.17) is 0 Å². The first-order valence-electron chi connectivity index (χ1n) is 11.0. The third kappa shape index (κ3) is 3.50. The van der Waals surface area contributed by atoms with Gasteiger partial charge in [-0.1, -0.05) is 30.3 Å². The largest absolute Gasteiger partial charge is 0.361 e. The molecule has 0 bridgehead atoms. The Hall–Kier alpha value is -3.48. The summed E-state index contributed by atoms with van der Waals surface area (Å²) in [6.45, 7) is 2.41. The van der Waals surface area contributed by atoms with Gasteiger partial charge in [0.05, 0.1) is 0 Å². The van der Waals surface area contributed by atoms with Crippen molar-refractivity contribution in [3.8, 4) is 22.5 Å². The van der Waals surface area contributed by atoms with Crippen molar-refractivity contribution in [3.05, 3.63) is 54.7 Å². The number of rotatable bonds is 5. The number of nitrogens with zero attached hydrogens (tertiary/aromatic N) is 5. The van der Waals surface area contributed by atoms with Crippen LogP contribution in [-0.4, -0.2) is 49.1 Å². The van der Waals surface area contributed by atoms with Gasteiger partial charge in [0.2, 0.25) is 5.91 Å². The number of carbonyl (C=O) groups excluding carboxylic acids is 1. The van der Waals surface area contributed by atoms with Crippen LogP contribution >= 0.6 is 0 Å². The van der Waals surface area contributed by atoms with Crippen molar-refractivity contribution in [3.63, 3.8) is 0 Å². The van der Waals surface area contributed by atoms with Crippen LogP contribution in [0.2, 0.25) is 0 Å². The average molecular weight is 412 g/mol. The summed E-state index contributed by atoms with van der Waals surface area (Å²) in [5.74, 6) is 1.81. The van der Waals surface area contributed by atoms with Crippen LogP contribution in [0.25, 0.3) is 33.4 Å². The second-order valence-electron chi connectivity index (χ2n) is 8.75. The molecule has 1 N–H and O–H groups in total. The van der Waals surface area contributed by atoms with Crippen LogP contribution in [0.5, 0.6) is 0 Å². The Morgan fingerprint density at radius 2 is 1.81 bits per heavy atom. The highest BCUT2D eigenvalue weighted by molar-refractivity contribution is 5.85. The lowest BCUT2D eigenvalue weighted by molar-refractivity contribution is -0.131. The number of benzene rings is 2. The first kappa shape index (κ1) is 18.3. The van der Waals surface area contributed by atoms with Gasteiger partial charge in [0.1, 0.15) is 0 Å². The van der Waals surface area contributed by atoms with Crippen molar-refractivity contribution < 1.29 is 4.79 Å². The molecule has 1 saturated carbocycles. The number of aromatic amines is 1. The predicted octanol–water partition coefficient (Wildman–Crippen LogP) is 3.75. The molecule has 156 valence electrons. The molecule has 0 unspecified atom stereocenters. The normalized spacial score (nSPS) is 18.7. The summed E-state index contributed by atoms with van der Waals surface area (Å²) in [6.07, 6.45) is 5.10. The SMILES string of the molecule is O=C(C1CC1)N1CC[C@@H](Cn2nnnc2-c2ccc(-c3ccc4[nH]ccc4c3)cc2)C1. The lowest BCUT2D eigenvalue weighted by atomic mass is 10.0. The van der Waals surface area contributed by atoms with Gasteiger partial charge in [0.25, 0.3) is 0 Å². The van der Waals surface area contributed by atoms with E-state index in [0.29, 0.717) is 17.7 Å². The first-order chi connectivity index (χ1) is 15.2. The molecule has 7 nitrogen and oxygen atoms in total. The highest BCUT2D eigenvalue weighted by atomic mass is 16.2. The van der Waals surface area contributed by atoms with Crippen molar-refractivity contribution >= 4 is 16.8 Å². The second kappa shape index (κ2) is 7.34. The topological polar surface area (TPSA) is 79.7 Å². The summed E-state index contributed by atoms with van der Waals surface area (Å²) in [4.78, 5) is 17.6. The van der Waals surface area contributed by atoms with E-state index in [9.17, 15) is 4.79 Å². The van der Waals surface area contributed by atoms with E-state index in [0.717, 1.165) is 61.4 Å². The predicted molar refractivity (Wildman–Crippen MR) is 118 cm³/mol. The molecule has 6 rings (SSSR count). The Kier molecular flexibility index (Phi) is 4.33. The Bertz CT molecular complexity index is 1240. The van der Waals surface area contributed by atoms with Gasteiger partial charge in [0, 0.05) is 42.8 Å². The van der Waals surface area contributed by atoms with Gasteiger partial charge in [0.15, 0.2) is 5.82 Å². The maximum absolute atomic E-state index is 12.3. The molecule has 7 heteroatoms. The molecule has 1 aliphatic heterocycles. The van der Waals surface area contributed by atoms with Crippen LogP contribution in [0, 0.1) is 11.8 Å². The maximum atomic E-state index is 12.3. The minimum absolute atomic E-state index is 0.291. The molecule has 1 amide bonds. The molecule has 1 aliphatic carbocycles. The highest BCUT2D eigenvalue weighted by Crippen LogP contribution is 2.33. The fourth-order valence-corrected chi connectivity index (χ4v) is 4.59. The summed E-state index contributed by atoms with van der Waals surface area (Å²) < 4.78 is 1.89. The minimum atomic E-state index is 0.291. The molecule has 2 aliphatic rings. The number of aromatic nitrogens is 5. The molecule has 2 aromatic carbocycles. The third-order valence-corrected chi connectivity index (χ3v) is 6.52. The lowest BCUT2D eigenvalue weighted by Crippen LogP contribution is -2.30. The van der Waals surface area contributed by atoms with E-state index >= 15 is 0 Å². The zero-order valence-electron chi connectivity index (χ0n) is 17.2. The van der Waals surface area contributed by atoms with Crippen molar-refractivity contribution in [1.82, 2.24) is 30.1 Å². The van der Waals surface area contributed by atoms with Crippen LogP contribution in [0.3, 0.4) is 0 Å². The van der Waals surface area contributed by atoms with Gasteiger partial charge in [-0.3, -0.25) is 4.79 Å². The van der Waals surface area contributed by atoms with Crippen LogP contribution < -0.4 is 0 Å². The van der Waals surface area contributed by atoms with Gasteiger partial charge < -0.3 is 9.88 Å². The zero-order valence-corrected chi connectivity index (χ0v) is 17.2. The van der Waals surface area contributed by atoms with Crippen molar-refractivity contribution in [2.24, 2.45) is 11.8 Å². The average Bonchev–Trinajstić information content (AvgIpc) is 3.17. The number of hydrogen-bond acceptors (Lipinski definition) is 4. The molecule has 31 heavy (non-hydrogen) atoms. The number of likely N-dealkylation sites (tertiary alicyclic amines) is 1. The van der Waals surface area contributed by atoms with E-state index in [-0.39, 0.29) is 0 Å². The molecule has 1 atom stereocenters. The number of fused-ring (bicyclic) bond motifs is 1. The van der Waals surface area contributed by atoms with E-state index in [1.54, 1.807) is 0 Å². The van der Waals surface area contributed by atoms with Crippen molar-refractivity contribution in [1.29, 1.82) is 0 Å². The summed E-state index contributed by atoms with van der Waals surface area (Å²) >= 11 is 0. The molecular weight excluding hydrogens is 388 g/mol. The van der Waals surface area contributed by atoms with Gasteiger partial charge in [-0.2, -0.15) is 0 Å². The van der Waals surface area contributed by atoms with Crippen LogP contribution in [0.4, 0.5) is 0 Å². The minimum Gasteiger partial charge on any atom is -0.361 e. The summed E-state index contributed by atoms with van der Waals surface area (Å²) in [6, 6.07) is 16.9. The van der Waals surface area contributed by atoms with Crippen molar-refractivity contribution in [2.75, 3.05) is 13.1 Å². The molecule has 4 aromatic rings. The van der Waals surface area contributed by atoms with Crippen molar-refractivity contribution in [2.45, 2.75) is 25.8 Å². The Labute approximate surface area is 180 Å². The highest BCUT2D eigenvalue weighted by Gasteiger charge is 2.36. The maximum Gasteiger partial charge on any atom is 0.225 e. The summed E-state index contributed by atoms with van der Waals surface area (Å²) in [5.41, 5.74) is 4.49. The van der Waals surface area contributed by atoms with Crippen LogP contribution in [-0.2, 0) is 11.3 Å². The number of amides is 1. The molecular formula is C24H24N6O. The molecule has 3 heterocycles. The van der Waals surface area contributed by atoms with E-state index < -0.39 is 0 Å². The fraction of sp³-hybridized carbons (Fsp3) is 0.333. The Morgan fingerprint density at radius 1 is 1.00 bits per heavy atom. The lowest BCUT2D eigenvalue weighted by Gasteiger charge is -2.16. The first-order valence-corrected chi connectivity index (χ1v) is 11.0. The third-order valence-electron chi connectivity index (χ3n) is 6.52. The van der Waals surface area contributed by atoms with Gasteiger partial charge in [-0.05, 0) is 70.3 Å². The summed E-state index contributed by atoms with van der Waals surface area (Å²) in [7, 11) is 0. The fourth-order valence-electron chi connectivity index (χ4n) is 4.59. The molecule has 0 spiro atoms. The quantitative estimate of drug-likeness (QED) is 0.541. The van der Waals surface area contributed by atoms with E-state index in [1.807, 2.05) is 15.8 Å². The molecule has 2 fully saturated rings. The number of carbonyl (C=O) groups is 1. The second-order valence-corrected chi connectivity index (χ2v) is 8.75. The van der Waals surface area contributed by atoms with Gasteiger partial charge in [-0.25, -0.2) is 4.68 Å². The van der Waals surface area contributed by atoms with E-state index in [1.165, 1.54) is 10.9 Å². The Balaban J connectivity index is 1.18.